The molecule has 0 bridgehead atoms. The predicted octanol–water partition coefficient (Wildman–Crippen LogP) is 2.71. The van der Waals surface area contributed by atoms with E-state index in [-0.39, 0.29) is 24.4 Å². The molecule has 0 aliphatic carbocycles. The highest BCUT2D eigenvalue weighted by Gasteiger charge is 2.11. The Morgan fingerprint density at radius 1 is 1.33 bits per heavy atom. The third kappa shape index (κ3) is 4.98. The van der Waals surface area contributed by atoms with E-state index in [2.05, 4.69) is 10.1 Å². The van der Waals surface area contributed by atoms with Crippen molar-refractivity contribution in [3.8, 4) is 5.75 Å². The summed E-state index contributed by atoms with van der Waals surface area (Å²) < 4.78 is 28.6. The minimum Gasteiger partial charge on any atom is -0.435 e. The summed E-state index contributed by atoms with van der Waals surface area (Å²) >= 11 is 0. The second-order valence-electron chi connectivity index (χ2n) is 4.25. The molecule has 0 amide bonds. The average Bonchev–Trinajstić information content (AvgIpc) is 2.28. The zero-order chi connectivity index (χ0) is 13.5. The molecule has 2 atom stereocenters. The Bertz CT molecular complexity index is 361. The van der Waals surface area contributed by atoms with Gasteiger partial charge in [0.15, 0.2) is 0 Å². The van der Waals surface area contributed by atoms with E-state index in [1.54, 1.807) is 12.1 Å². The highest BCUT2D eigenvalue weighted by atomic mass is 19.3. The minimum atomic E-state index is -2.81. The Morgan fingerprint density at radius 2 is 2.06 bits per heavy atom. The van der Waals surface area contributed by atoms with E-state index in [1.807, 2.05) is 19.9 Å². The van der Waals surface area contributed by atoms with Gasteiger partial charge in [-0.3, -0.25) is 0 Å². The highest BCUT2D eigenvalue weighted by molar-refractivity contribution is 5.30. The molecule has 2 N–H and O–H groups in total. The quantitative estimate of drug-likeness (QED) is 0.791. The van der Waals surface area contributed by atoms with Crippen molar-refractivity contribution >= 4 is 0 Å². The first kappa shape index (κ1) is 14.9. The Hall–Kier alpha value is -1.20. The highest BCUT2D eigenvalue weighted by Crippen LogP contribution is 2.21. The molecule has 0 saturated carbocycles. The second-order valence-corrected chi connectivity index (χ2v) is 4.25. The lowest BCUT2D eigenvalue weighted by Crippen LogP contribution is -2.29. The van der Waals surface area contributed by atoms with Crippen molar-refractivity contribution in [3.63, 3.8) is 0 Å². The molecule has 0 aliphatic heterocycles. The summed E-state index contributed by atoms with van der Waals surface area (Å²) in [5.74, 6) is 0.158. The van der Waals surface area contributed by atoms with Gasteiger partial charge in [-0.25, -0.2) is 0 Å². The van der Waals surface area contributed by atoms with Crippen molar-refractivity contribution in [2.24, 2.45) is 0 Å². The molecule has 102 valence electrons. The zero-order valence-corrected chi connectivity index (χ0v) is 10.6. The largest absolute Gasteiger partial charge is 0.435 e. The van der Waals surface area contributed by atoms with Gasteiger partial charge in [0, 0.05) is 18.7 Å². The number of ether oxygens (including phenoxy) is 1. The smallest absolute Gasteiger partial charge is 0.387 e. The van der Waals surface area contributed by atoms with Crippen LogP contribution in [0, 0.1) is 0 Å². The fourth-order valence-electron chi connectivity index (χ4n) is 1.76. The Labute approximate surface area is 106 Å². The number of benzene rings is 1. The maximum Gasteiger partial charge on any atom is 0.387 e. The lowest BCUT2D eigenvalue weighted by molar-refractivity contribution is -0.0499. The topological polar surface area (TPSA) is 41.5 Å². The fraction of sp³-hybridized carbons (Fsp3) is 0.538. The van der Waals surface area contributed by atoms with Crippen LogP contribution in [0.2, 0.25) is 0 Å². The lowest BCUT2D eigenvalue weighted by Gasteiger charge is -2.20. The van der Waals surface area contributed by atoms with Crippen LogP contribution in [0.3, 0.4) is 0 Å². The molecule has 1 aromatic rings. The molecule has 2 unspecified atom stereocenters. The van der Waals surface area contributed by atoms with Crippen LogP contribution < -0.4 is 10.1 Å². The Balaban J connectivity index is 2.64. The van der Waals surface area contributed by atoms with E-state index >= 15 is 0 Å². The number of hydrogen-bond donors (Lipinski definition) is 2. The van der Waals surface area contributed by atoms with E-state index in [0.29, 0.717) is 6.42 Å². The van der Waals surface area contributed by atoms with Gasteiger partial charge >= 0.3 is 6.61 Å². The minimum absolute atomic E-state index is 0.00720. The molecule has 0 fully saturated rings. The van der Waals surface area contributed by atoms with Gasteiger partial charge in [-0.1, -0.05) is 12.1 Å². The average molecular weight is 259 g/mol. The molecule has 0 saturated heterocycles. The molecule has 18 heavy (non-hydrogen) atoms. The molecule has 3 nitrogen and oxygen atoms in total. The predicted molar refractivity (Wildman–Crippen MR) is 65.8 cm³/mol. The summed E-state index contributed by atoms with van der Waals surface area (Å²) in [6, 6.07) is 6.79. The summed E-state index contributed by atoms with van der Waals surface area (Å²) in [6.07, 6.45) is 0.650. The standard InChI is InChI=1S/C13H19F2NO2/c1-9(6-7-17)16-10(2)11-4-3-5-12(8-11)18-13(14)15/h3-5,8-10,13,16-17H,6-7H2,1-2H3. The zero-order valence-electron chi connectivity index (χ0n) is 10.6. The van der Waals surface area contributed by atoms with Gasteiger partial charge in [0.1, 0.15) is 5.75 Å². The number of hydrogen-bond acceptors (Lipinski definition) is 3. The molecule has 1 rings (SSSR count). The van der Waals surface area contributed by atoms with Gasteiger partial charge in [-0.05, 0) is 38.0 Å². The summed E-state index contributed by atoms with van der Waals surface area (Å²) in [6.45, 7) is 1.22. The van der Waals surface area contributed by atoms with Crippen molar-refractivity contribution < 1.29 is 18.6 Å². The van der Waals surface area contributed by atoms with Crippen LogP contribution in [-0.4, -0.2) is 24.4 Å². The molecule has 1 aromatic carbocycles. The molecule has 0 radical (unpaired) electrons. The SMILES string of the molecule is CC(CCO)NC(C)c1cccc(OC(F)F)c1. The van der Waals surface area contributed by atoms with E-state index in [0.717, 1.165) is 5.56 Å². The van der Waals surface area contributed by atoms with Crippen molar-refractivity contribution in [2.45, 2.75) is 39.0 Å². The molecule has 0 spiro atoms. The van der Waals surface area contributed by atoms with Crippen LogP contribution in [0.5, 0.6) is 5.75 Å². The summed E-state index contributed by atoms with van der Waals surface area (Å²) in [5, 5.41) is 12.1. The molecule has 0 aromatic heterocycles. The normalized spacial score (nSPS) is 14.6. The van der Waals surface area contributed by atoms with Crippen molar-refractivity contribution in [2.75, 3.05) is 6.61 Å². The van der Waals surface area contributed by atoms with E-state index in [4.69, 9.17) is 5.11 Å². The number of halogens is 2. The van der Waals surface area contributed by atoms with Crippen LogP contribution in [0.4, 0.5) is 8.78 Å². The van der Waals surface area contributed by atoms with Gasteiger partial charge in [0.25, 0.3) is 0 Å². The Kier molecular flexibility index (Phi) is 6.01. The maximum atomic E-state index is 12.1. The maximum absolute atomic E-state index is 12.1. The van der Waals surface area contributed by atoms with Crippen LogP contribution in [0.15, 0.2) is 24.3 Å². The summed E-state index contributed by atoms with van der Waals surface area (Å²) in [4.78, 5) is 0. The summed E-state index contributed by atoms with van der Waals surface area (Å²) in [7, 11) is 0. The second kappa shape index (κ2) is 7.28. The van der Waals surface area contributed by atoms with E-state index in [1.165, 1.54) is 6.07 Å². The van der Waals surface area contributed by atoms with Crippen molar-refractivity contribution in [1.82, 2.24) is 5.32 Å². The van der Waals surface area contributed by atoms with E-state index in [9.17, 15) is 8.78 Å². The van der Waals surface area contributed by atoms with Gasteiger partial charge in [0.2, 0.25) is 0 Å². The number of nitrogens with one attached hydrogen (secondary N) is 1. The van der Waals surface area contributed by atoms with Crippen molar-refractivity contribution in [1.29, 1.82) is 0 Å². The number of alkyl halides is 2. The number of rotatable bonds is 7. The van der Waals surface area contributed by atoms with E-state index < -0.39 is 6.61 Å². The number of aliphatic hydroxyl groups is 1. The lowest BCUT2D eigenvalue weighted by atomic mass is 10.1. The van der Waals surface area contributed by atoms with Crippen LogP contribution in [0.1, 0.15) is 31.9 Å². The van der Waals surface area contributed by atoms with Crippen LogP contribution >= 0.6 is 0 Å². The third-order valence-corrected chi connectivity index (χ3v) is 2.68. The van der Waals surface area contributed by atoms with Crippen molar-refractivity contribution in [3.05, 3.63) is 29.8 Å². The molecule has 0 heterocycles. The molecular weight excluding hydrogens is 240 g/mol. The first-order chi connectivity index (χ1) is 8.52. The molecule has 5 heteroatoms. The third-order valence-electron chi connectivity index (χ3n) is 2.68. The van der Waals surface area contributed by atoms with Crippen LogP contribution in [-0.2, 0) is 0 Å². The summed E-state index contributed by atoms with van der Waals surface area (Å²) in [5.41, 5.74) is 0.873. The van der Waals surface area contributed by atoms with Gasteiger partial charge in [-0.2, -0.15) is 8.78 Å². The van der Waals surface area contributed by atoms with Crippen LogP contribution in [0.25, 0.3) is 0 Å². The first-order valence-electron chi connectivity index (χ1n) is 5.94. The van der Waals surface area contributed by atoms with Gasteiger partial charge in [-0.15, -0.1) is 0 Å². The first-order valence-corrected chi connectivity index (χ1v) is 5.94. The van der Waals surface area contributed by atoms with Gasteiger partial charge < -0.3 is 15.2 Å². The van der Waals surface area contributed by atoms with Gasteiger partial charge in [0.05, 0.1) is 0 Å². The monoisotopic (exact) mass is 259 g/mol. The molecule has 0 aliphatic rings. The Morgan fingerprint density at radius 3 is 2.67 bits per heavy atom. The molecular formula is C13H19F2NO2. The number of aliphatic hydroxyl groups excluding tert-OH is 1. The fourth-order valence-corrected chi connectivity index (χ4v) is 1.76.